The van der Waals surface area contributed by atoms with Crippen molar-refractivity contribution >= 4 is 0 Å². The monoisotopic (exact) mass is 905 g/mol. The molecule has 0 fully saturated rings. The molecule has 0 saturated carbocycles. The minimum atomic E-state index is -0.300. The second kappa shape index (κ2) is 49.2. The summed E-state index contributed by atoms with van der Waals surface area (Å²) in [5.41, 5.74) is -1.20. The van der Waals surface area contributed by atoms with E-state index in [2.05, 4.69) is 52.6 Å². The fraction of sp³-hybridized carbons (Fsp3) is 0.667. The second-order valence-corrected chi connectivity index (χ2v) is 14.5. The maximum Gasteiger partial charge on any atom is 0.0645 e. The molecule has 0 aliphatic rings. The summed E-state index contributed by atoms with van der Waals surface area (Å²) >= 11 is 0. The zero-order valence-corrected chi connectivity index (χ0v) is 40.4. The van der Waals surface area contributed by atoms with Crippen molar-refractivity contribution in [1.82, 2.24) is 0 Å². The van der Waals surface area contributed by atoms with Gasteiger partial charge in [-0.15, -0.1) is 52.6 Å². The quantitative estimate of drug-likeness (QED) is 0.0281. The number of ether oxygens (including phenoxy) is 8. The van der Waals surface area contributed by atoms with Crippen LogP contribution in [0.1, 0.15) is 53.4 Å². The normalized spacial score (nSPS) is 11.1. The van der Waals surface area contributed by atoms with Crippen LogP contribution < -0.4 is 0 Å². The Morgan fingerprint density at radius 1 is 0.295 bits per heavy atom. The van der Waals surface area contributed by atoms with E-state index >= 15 is 0 Å². The van der Waals surface area contributed by atoms with E-state index in [0.29, 0.717) is 106 Å². The SMILES string of the molecule is C=CCOCC(CC)(CO)COCC=C.C=CCOCC(CC)(CO)COCC=C.C=CCOCC(CC)(CO)COCC=C.C=CCOCC(CC)(CO)COCC=C.[Ti]. The molecule has 0 amide bonds. The van der Waals surface area contributed by atoms with Crippen molar-refractivity contribution in [3.05, 3.63) is 101 Å². The van der Waals surface area contributed by atoms with Crippen molar-refractivity contribution in [2.45, 2.75) is 53.4 Å². The molecule has 0 rings (SSSR count). The van der Waals surface area contributed by atoms with Gasteiger partial charge in [-0.1, -0.05) is 76.3 Å². The summed E-state index contributed by atoms with van der Waals surface area (Å²) in [6, 6.07) is 0. The molecular weight excluding hydrogens is 816 g/mol. The van der Waals surface area contributed by atoms with Gasteiger partial charge >= 0.3 is 0 Å². The van der Waals surface area contributed by atoms with Crippen LogP contribution in [0.3, 0.4) is 0 Å². The third-order valence-corrected chi connectivity index (χ3v) is 9.49. The summed E-state index contributed by atoms with van der Waals surface area (Å²) < 4.78 is 43.0. The summed E-state index contributed by atoms with van der Waals surface area (Å²) in [5.74, 6) is 0. The summed E-state index contributed by atoms with van der Waals surface area (Å²) in [6.07, 6.45) is 16.8. The Balaban J connectivity index is -0.000000227. The molecule has 0 aromatic rings. The molecule has 0 bridgehead atoms. The maximum atomic E-state index is 9.36. The number of aliphatic hydroxyl groups excluding tert-OH is 4. The third-order valence-electron chi connectivity index (χ3n) is 9.49. The number of rotatable bonds is 40. The van der Waals surface area contributed by atoms with Gasteiger partial charge in [0.1, 0.15) is 0 Å². The van der Waals surface area contributed by atoms with Gasteiger partial charge in [-0.05, 0) is 25.7 Å². The van der Waals surface area contributed by atoms with Crippen LogP contribution in [0.25, 0.3) is 0 Å². The van der Waals surface area contributed by atoms with E-state index in [4.69, 9.17) is 37.9 Å². The van der Waals surface area contributed by atoms with Crippen LogP contribution in [0.5, 0.6) is 0 Å². The predicted octanol–water partition coefficient (Wildman–Crippen LogP) is 7.12. The minimum Gasteiger partial charge on any atom is -0.396 e. The van der Waals surface area contributed by atoms with Gasteiger partial charge in [0, 0.05) is 43.4 Å². The topological polar surface area (TPSA) is 155 Å². The van der Waals surface area contributed by atoms with Gasteiger partial charge in [0.05, 0.1) is 132 Å². The van der Waals surface area contributed by atoms with Crippen molar-refractivity contribution < 1.29 is 80.0 Å². The van der Waals surface area contributed by atoms with Crippen LogP contribution >= 0.6 is 0 Å². The van der Waals surface area contributed by atoms with Crippen molar-refractivity contribution in [2.75, 3.05) is 132 Å². The first-order valence-electron chi connectivity index (χ1n) is 20.9. The molecule has 13 heteroatoms. The molecule has 0 aliphatic carbocycles. The molecule has 0 aromatic heterocycles. The zero-order chi connectivity index (χ0) is 46.3. The summed E-state index contributed by atoms with van der Waals surface area (Å²) in [6.45, 7) is 44.9. The first kappa shape index (κ1) is 68.2. The molecule has 0 saturated heterocycles. The Morgan fingerprint density at radius 3 is 0.475 bits per heavy atom. The smallest absolute Gasteiger partial charge is 0.0645 e. The number of aliphatic hydroxyl groups is 4. The third kappa shape index (κ3) is 37.3. The Bertz CT molecular complexity index is 798. The minimum absolute atomic E-state index is 0. The molecule has 0 radical (unpaired) electrons. The first-order chi connectivity index (χ1) is 29.0. The molecule has 0 atom stereocenters. The maximum absolute atomic E-state index is 9.36. The standard InChI is InChI=1S/4C12H22O3.Ti/c4*1-4-7-14-10-12(6-3,9-13)11-15-8-5-2;/h4*4-5,13H,1-2,6-11H2,3H3;. The van der Waals surface area contributed by atoms with Gasteiger partial charge in [0.2, 0.25) is 0 Å². The van der Waals surface area contributed by atoms with E-state index in [1.165, 1.54) is 0 Å². The van der Waals surface area contributed by atoms with Crippen LogP contribution in [-0.4, -0.2) is 153 Å². The van der Waals surface area contributed by atoms with Crippen LogP contribution in [0.4, 0.5) is 0 Å². The molecule has 356 valence electrons. The Morgan fingerprint density at radius 2 is 0.410 bits per heavy atom. The van der Waals surface area contributed by atoms with Crippen molar-refractivity contribution in [1.29, 1.82) is 0 Å². The molecule has 4 N–H and O–H groups in total. The van der Waals surface area contributed by atoms with E-state index in [1.54, 1.807) is 48.6 Å². The molecule has 0 aliphatic heterocycles. The first-order valence-corrected chi connectivity index (χ1v) is 20.9. The van der Waals surface area contributed by atoms with Gasteiger partial charge in [0.25, 0.3) is 0 Å². The molecular formula is C48H88O12Ti. The Labute approximate surface area is 386 Å². The van der Waals surface area contributed by atoms with Crippen LogP contribution in [0.2, 0.25) is 0 Å². The van der Waals surface area contributed by atoms with Crippen LogP contribution in [-0.2, 0) is 59.6 Å². The molecule has 0 heterocycles. The summed E-state index contributed by atoms with van der Waals surface area (Å²) in [5, 5.41) is 37.5. The molecule has 0 unspecified atom stereocenters. The van der Waals surface area contributed by atoms with E-state index in [0.717, 1.165) is 25.7 Å². The summed E-state index contributed by atoms with van der Waals surface area (Å²) in [4.78, 5) is 0. The summed E-state index contributed by atoms with van der Waals surface area (Å²) in [7, 11) is 0. The average molecular weight is 905 g/mol. The van der Waals surface area contributed by atoms with Crippen LogP contribution in [0, 0.1) is 21.7 Å². The van der Waals surface area contributed by atoms with Gasteiger partial charge in [-0.3, -0.25) is 0 Å². The van der Waals surface area contributed by atoms with Crippen LogP contribution in [0.15, 0.2) is 101 Å². The Hall–Kier alpha value is -1.85. The van der Waals surface area contributed by atoms with Gasteiger partial charge in [-0.2, -0.15) is 0 Å². The average Bonchev–Trinajstić information content (AvgIpc) is 3.28. The number of hydrogen-bond donors (Lipinski definition) is 4. The van der Waals surface area contributed by atoms with Gasteiger partial charge in [-0.25, -0.2) is 0 Å². The zero-order valence-electron chi connectivity index (χ0n) is 38.8. The Kier molecular flexibility index (Phi) is 55.0. The molecule has 0 aromatic carbocycles. The van der Waals surface area contributed by atoms with Gasteiger partial charge in [0.15, 0.2) is 0 Å². The van der Waals surface area contributed by atoms with E-state index in [1.807, 2.05) is 27.7 Å². The van der Waals surface area contributed by atoms with Crippen molar-refractivity contribution in [3.8, 4) is 0 Å². The van der Waals surface area contributed by atoms with Crippen molar-refractivity contribution in [2.24, 2.45) is 21.7 Å². The predicted molar refractivity (Wildman–Crippen MR) is 247 cm³/mol. The largest absolute Gasteiger partial charge is 0.396 e. The molecule has 61 heavy (non-hydrogen) atoms. The fourth-order valence-corrected chi connectivity index (χ4v) is 4.67. The molecule has 0 spiro atoms. The fourth-order valence-electron chi connectivity index (χ4n) is 4.67. The van der Waals surface area contributed by atoms with E-state index in [9.17, 15) is 20.4 Å². The molecule has 12 nitrogen and oxygen atoms in total. The number of hydrogen-bond acceptors (Lipinski definition) is 12. The van der Waals surface area contributed by atoms with E-state index < -0.39 is 0 Å². The van der Waals surface area contributed by atoms with Gasteiger partial charge < -0.3 is 58.3 Å². The van der Waals surface area contributed by atoms with Crippen molar-refractivity contribution in [3.63, 3.8) is 0 Å². The second-order valence-electron chi connectivity index (χ2n) is 14.5. The van der Waals surface area contributed by atoms with E-state index in [-0.39, 0.29) is 69.8 Å².